The molecule has 1 aromatic heterocycles. The Morgan fingerprint density at radius 3 is 2.53 bits per heavy atom. The molecule has 1 aromatic carbocycles. The second-order valence-corrected chi connectivity index (χ2v) is 3.29. The first-order valence-electron chi connectivity index (χ1n) is 4.93. The molecule has 0 aliphatic carbocycles. The summed E-state index contributed by atoms with van der Waals surface area (Å²) in [5.41, 5.74) is 7.16. The maximum atomic E-state index is 9.13. The van der Waals surface area contributed by atoms with E-state index in [-0.39, 0.29) is 17.4 Å². The highest BCUT2D eigenvalue weighted by Gasteiger charge is 2.15. The van der Waals surface area contributed by atoms with Gasteiger partial charge in [0.15, 0.2) is 0 Å². The Hall–Kier alpha value is -2.61. The minimum Gasteiger partial charge on any atom is -0.480 e. The maximum Gasteiger partial charge on any atom is 0.236 e. The lowest BCUT2D eigenvalue weighted by molar-refractivity contribution is 0.396. The van der Waals surface area contributed by atoms with Gasteiger partial charge < -0.3 is 10.5 Å². The lowest BCUT2D eigenvalue weighted by Crippen LogP contribution is -2.03. The largest absolute Gasteiger partial charge is 0.480 e. The molecule has 2 rings (SSSR count). The van der Waals surface area contributed by atoms with Gasteiger partial charge in [-0.15, -0.1) is 0 Å². The molecule has 0 aliphatic rings. The highest BCUT2D eigenvalue weighted by atomic mass is 16.5. The van der Waals surface area contributed by atoms with Gasteiger partial charge in [-0.2, -0.15) is 10.2 Å². The van der Waals surface area contributed by atoms with Crippen LogP contribution >= 0.6 is 0 Å². The third-order valence-corrected chi connectivity index (χ3v) is 2.25. The Balaban J connectivity index is 2.70. The first-order valence-corrected chi connectivity index (χ1v) is 4.93. The third kappa shape index (κ3) is 2.01. The molecule has 84 valence electrons. The molecule has 2 N–H and O–H groups in total. The number of hydrogen-bond acceptors (Lipinski definition) is 5. The van der Waals surface area contributed by atoms with Crippen LogP contribution in [0.15, 0.2) is 30.3 Å². The molecule has 0 unspecified atom stereocenters. The van der Waals surface area contributed by atoms with E-state index in [1.54, 1.807) is 0 Å². The minimum atomic E-state index is 0.0831. The summed E-state index contributed by atoms with van der Waals surface area (Å²) in [6.45, 7) is 0. The van der Waals surface area contributed by atoms with Gasteiger partial charge in [-0.1, -0.05) is 30.3 Å². The van der Waals surface area contributed by atoms with Gasteiger partial charge in [0.25, 0.3) is 0 Å². The van der Waals surface area contributed by atoms with E-state index in [0.717, 1.165) is 5.56 Å². The minimum absolute atomic E-state index is 0.0831. The van der Waals surface area contributed by atoms with Gasteiger partial charge in [-0.3, -0.25) is 0 Å². The monoisotopic (exact) mass is 226 g/mol. The summed E-state index contributed by atoms with van der Waals surface area (Å²) in [4.78, 5) is 7.96. The second-order valence-electron chi connectivity index (χ2n) is 3.29. The normalized spacial score (nSPS) is 9.65. The van der Waals surface area contributed by atoms with Gasteiger partial charge >= 0.3 is 0 Å². The van der Waals surface area contributed by atoms with Crippen LogP contribution in [0, 0.1) is 11.3 Å². The molecule has 0 atom stereocenters. The number of ether oxygens (including phenoxy) is 1. The summed E-state index contributed by atoms with van der Waals surface area (Å²) < 4.78 is 5.03. The fourth-order valence-electron chi connectivity index (χ4n) is 1.51. The molecule has 5 nitrogen and oxygen atoms in total. The lowest BCUT2D eigenvalue weighted by Gasteiger charge is -2.07. The van der Waals surface area contributed by atoms with Crippen LogP contribution < -0.4 is 10.5 Å². The zero-order valence-corrected chi connectivity index (χ0v) is 9.21. The summed E-state index contributed by atoms with van der Waals surface area (Å²) in [5, 5.41) is 9.13. The van der Waals surface area contributed by atoms with Crippen molar-refractivity contribution in [2.45, 2.75) is 0 Å². The number of benzene rings is 1. The predicted octanol–water partition coefficient (Wildman–Crippen LogP) is 1.61. The van der Waals surface area contributed by atoms with Crippen molar-refractivity contribution < 1.29 is 4.74 Å². The summed E-state index contributed by atoms with van der Waals surface area (Å²) in [6.07, 6.45) is 0. The Bertz CT molecular complexity index is 575. The number of nitrogens with two attached hydrogens (primary N) is 1. The summed E-state index contributed by atoms with van der Waals surface area (Å²) >= 11 is 0. The average Bonchev–Trinajstić information content (AvgIpc) is 2.38. The maximum absolute atomic E-state index is 9.13. The molecular weight excluding hydrogens is 216 g/mol. The van der Waals surface area contributed by atoms with Crippen molar-refractivity contribution in [1.82, 2.24) is 9.97 Å². The van der Waals surface area contributed by atoms with Gasteiger partial charge in [-0.25, -0.2) is 4.98 Å². The van der Waals surface area contributed by atoms with Crippen LogP contribution in [0.5, 0.6) is 5.88 Å². The van der Waals surface area contributed by atoms with Gasteiger partial charge in [-0.05, 0) is 0 Å². The second kappa shape index (κ2) is 4.49. The number of nitriles is 1. The summed E-state index contributed by atoms with van der Waals surface area (Å²) in [6, 6.07) is 11.3. The molecule has 0 fully saturated rings. The van der Waals surface area contributed by atoms with Crippen molar-refractivity contribution in [1.29, 1.82) is 5.26 Å². The van der Waals surface area contributed by atoms with Crippen molar-refractivity contribution >= 4 is 5.95 Å². The molecule has 5 heteroatoms. The van der Waals surface area contributed by atoms with Crippen molar-refractivity contribution in [2.75, 3.05) is 12.8 Å². The van der Waals surface area contributed by atoms with Gasteiger partial charge in [0.2, 0.25) is 11.8 Å². The smallest absolute Gasteiger partial charge is 0.236 e. The Kier molecular flexibility index (Phi) is 2.88. The number of nitrogen functional groups attached to an aromatic ring is 1. The summed E-state index contributed by atoms with van der Waals surface area (Å²) in [5.74, 6) is 0.276. The van der Waals surface area contributed by atoms with Crippen molar-refractivity contribution in [3.8, 4) is 23.2 Å². The van der Waals surface area contributed by atoms with E-state index in [9.17, 15) is 0 Å². The molecule has 0 amide bonds. The molecule has 0 aliphatic heterocycles. The fraction of sp³-hybridized carbons (Fsp3) is 0.0833. The molecular formula is C12H10N4O. The molecule has 0 bridgehead atoms. The Labute approximate surface area is 98.5 Å². The molecule has 0 spiro atoms. The van der Waals surface area contributed by atoms with Crippen LogP contribution in [0.3, 0.4) is 0 Å². The van der Waals surface area contributed by atoms with Crippen LogP contribution in [0.1, 0.15) is 5.56 Å². The zero-order valence-electron chi connectivity index (χ0n) is 9.21. The van der Waals surface area contributed by atoms with E-state index in [4.69, 9.17) is 15.7 Å². The van der Waals surface area contributed by atoms with E-state index < -0.39 is 0 Å². The van der Waals surface area contributed by atoms with Crippen LogP contribution in [-0.2, 0) is 0 Å². The number of hydrogen-bond donors (Lipinski definition) is 1. The van der Waals surface area contributed by atoms with E-state index in [1.165, 1.54) is 7.11 Å². The molecule has 17 heavy (non-hydrogen) atoms. The molecule has 1 heterocycles. The van der Waals surface area contributed by atoms with Crippen molar-refractivity contribution in [3.05, 3.63) is 35.9 Å². The molecule has 2 aromatic rings. The molecule has 0 saturated heterocycles. The number of methoxy groups -OCH3 is 1. The third-order valence-electron chi connectivity index (χ3n) is 2.25. The number of anilines is 1. The first kappa shape index (κ1) is 10.9. The van der Waals surface area contributed by atoms with Crippen LogP contribution in [0.4, 0.5) is 5.95 Å². The topological polar surface area (TPSA) is 84.8 Å². The SMILES string of the molecule is COc1nc(N)nc(-c2ccccc2)c1C#N. The van der Waals surface area contributed by atoms with Gasteiger partial charge in [0.1, 0.15) is 11.6 Å². The zero-order chi connectivity index (χ0) is 12.3. The van der Waals surface area contributed by atoms with Crippen LogP contribution in [-0.4, -0.2) is 17.1 Å². The number of nitrogens with zero attached hydrogens (tertiary/aromatic N) is 3. The Morgan fingerprint density at radius 1 is 1.24 bits per heavy atom. The first-order chi connectivity index (χ1) is 8.26. The van der Waals surface area contributed by atoms with E-state index in [1.807, 2.05) is 36.4 Å². The summed E-state index contributed by atoms with van der Waals surface area (Å²) in [7, 11) is 1.44. The highest BCUT2D eigenvalue weighted by molar-refractivity contribution is 5.69. The number of rotatable bonds is 2. The Morgan fingerprint density at radius 2 is 1.94 bits per heavy atom. The van der Waals surface area contributed by atoms with Crippen molar-refractivity contribution in [3.63, 3.8) is 0 Å². The van der Waals surface area contributed by atoms with Crippen LogP contribution in [0.25, 0.3) is 11.3 Å². The molecule has 0 radical (unpaired) electrons. The standard InChI is InChI=1S/C12H10N4O/c1-17-11-9(7-13)10(15-12(14)16-11)8-5-3-2-4-6-8/h2-6H,1H3,(H2,14,15,16). The quantitative estimate of drug-likeness (QED) is 0.840. The molecule has 0 saturated carbocycles. The van der Waals surface area contributed by atoms with Gasteiger partial charge in [0, 0.05) is 5.56 Å². The number of aromatic nitrogens is 2. The van der Waals surface area contributed by atoms with E-state index in [0.29, 0.717) is 5.69 Å². The van der Waals surface area contributed by atoms with E-state index >= 15 is 0 Å². The van der Waals surface area contributed by atoms with E-state index in [2.05, 4.69) is 9.97 Å². The highest BCUT2D eigenvalue weighted by Crippen LogP contribution is 2.27. The van der Waals surface area contributed by atoms with Crippen molar-refractivity contribution in [2.24, 2.45) is 0 Å². The lowest BCUT2D eigenvalue weighted by atomic mass is 10.1. The van der Waals surface area contributed by atoms with Crippen LogP contribution in [0.2, 0.25) is 0 Å². The van der Waals surface area contributed by atoms with Gasteiger partial charge in [0.05, 0.1) is 12.8 Å². The fourth-order valence-corrected chi connectivity index (χ4v) is 1.51. The average molecular weight is 226 g/mol. The predicted molar refractivity (Wildman–Crippen MR) is 63.1 cm³/mol.